The molecule has 0 aliphatic carbocycles. The minimum atomic E-state index is -4.17. The zero-order valence-corrected chi connectivity index (χ0v) is 13.0. The number of hydrazone groups is 1. The van der Waals surface area contributed by atoms with Crippen molar-refractivity contribution in [3.63, 3.8) is 0 Å². The maximum absolute atomic E-state index is 13.4. The van der Waals surface area contributed by atoms with Crippen molar-refractivity contribution in [3.05, 3.63) is 69.3 Å². The van der Waals surface area contributed by atoms with Gasteiger partial charge in [0.2, 0.25) is 0 Å². The summed E-state index contributed by atoms with van der Waals surface area (Å²) < 4.78 is 50.3. The van der Waals surface area contributed by atoms with Crippen LogP contribution in [-0.2, 0) is 10.0 Å². The van der Waals surface area contributed by atoms with Gasteiger partial charge in [0.1, 0.15) is 11.6 Å². The molecular formula is C14H11F2N3O4S. The van der Waals surface area contributed by atoms with Crippen molar-refractivity contribution < 1.29 is 22.1 Å². The first-order chi connectivity index (χ1) is 11.2. The third kappa shape index (κ3) is 3.90. The standard InChI is InChI=1S/C14H11F2N3O4S/c1-9-2-5-12(7-14(9)19(20)21)24(22,23)18-17-8-10-3-4-11(15)6-13(10)16/h2-8,18H,1H3/b17-8-. The van der Waals surface area contributed by atoms with Crippen molar-refractivity contribution in [2.45, 2.75) is 11.8 Å². The molecule has 0 saturated heterocycles. The Hall–Kier alpha value is -2.88. The molecule has 0 heterocycles. The van der Waals surface area contributed by atoms with Crippen LogP contribution in [0.1, 0.15) is 11.1 Å². The highest BCUT2D eigenvalue weighted by Crippen LogP contribution is 2.22. The summed E-state index contributed by atoms with van der Waals surface area (Å²) in [6, 6.07) is 6.06. The van der Waals surface area contributed by atoms with Crippen LogP contribution in [0.15, 0.2) is 46.4 Å². The third-order valence-electron chi connectivity index (χ3n) is 3.03. The van der Waals surface area contributed by atoms with E-state index in [0.29, 0.717) is 11.6 Å². The molecule has 0 fully saturated rings. The predicted molar refractivity (Wildman–Crippen MR) is 82.1 cm³/mol. The van der Waals surface area contributed by atoms with Gasteiger partial charge in [0.15, 0.2) is 0 Å². The number of nitro benzene ring substituents is 1. The number of nitro groups is 1. The van der Waals surface area contributed by atoms with Gasteiger partial charge in [0.05, 0.1) is 16.0 Å². The summed E-state index contributed by atoms with van der Waals surface area (Å²) in [5.74, 6) is -1.69. The van der Waals surface area contributed by atoms with Gasteiger partial charge >= 0.3 is 0 Å². The lowest BCUT2D eigenvalue weighted by Crippen LogP contribution is -2.18. The highest BCUT2D eigenvalue weighted by molar-refractivity contribution is 7.89. The molecule has 0 aromatic heterocycles. The topological polar surface area (TPSA) is 102 Å². The van der Waals surface area contributed by atoms with Crippen LogP contribution in [0.3, 0.4) is 0 Å². The number of hydrogen-bond acceptors (Lipinski definition) is 5. The van der Waals surface area contributed by atoms with E-state index in [1.54, 1.807) is 0 Å². The van der Waals surface area contributed by atoms with Crippen LogP contribution in [0.2, 0.25) is 0 Å². The molecule has 1 N–H and O–H groups in total. The van der Waals surface area contributed by atoms with Crippen LogP contribution in [-0.4, -0.2) is 19.6 Å². The first kappa shape index (κ1) is 17.5. The van der Waals surface area contributed by atoms with Gasteiger partial charge < -0.3 is 0 Å². The molecule has 2 rings (SSSR count). The van der Waals surface area contributed by atoms with Gasteiger partial charge in [-0.15, -0.1) is 0 Å². The molecule has 0 spiro atoms. The SMILES string of the molecule is Cc1ccc(S(=O)(=O)N/N=C\c2ccc(F)cc2F)cc1[N+](=O)[O-]. The van der Waals surface area contributed by atoms with E-state index in [4.69, 9.17) is 0 Å². The molecule has 126 valence electrons. The third-order valence-corrected chi connectivity index (χ3v) is 4.25. The number of nitrogens with zero attached hydrogens (tertiary/aromatic N) is 2. The van der Waals surface area contributed by atoms with E-state index >= 15 is 0 Å². The van der Waals surface area contributed by atoms with Crippen LogP contribution < -0.4 is 4.83 Å². The molecule has 24 heavy (non-hydrogen) atoms. The Kier molecular flexibility index (Phi) is 4.88. The highest BCUT2D eigenvalue weighted by Gasteiger charge is 2.19. The Bertz CT molecular complexity index is 930. The second kappa shape index (κ2) is 6.71. The van der Waals surface area contributed by atoms with E-state index in [1.807, 2.05) is 4.83 Å². The van der Waals surface area contributed by atoms with Gasteiger partial charge in [-0.2, -0.15) is 13.5 Å². The molecule has 0 atom stereocenters. The summed E-state index contributed by atoms with van der Waals surface area (Å²) in [4.78, 5) is 11.6. The quantitative estimate of drug-likeness (QED) is 0.506. The van der Waals surface area contributed by atoms with Gasteiger partial charge in [-0.1, -0.05) is 6.07 Å². The molecular weight excluding hydrogens is 344 g/mol. The maximum atomic E-state index is 13.4. The number of rotatable bonds is 5. The van der Waals surface area contributed by atoms with E-state index < -0.39 is 26.6 Å². The Morgan fingerprint density at radius 1 is 1.21 bits per heavy atom. The van der Waals surface area contributed by atoms with Gasteiger partial charge in [0, 0.05) is 23.3 Å². The zero-order valence-electron chi connectivity index (χ0n) is 12.2. The van der Waals surface area contributed by atoms with E-state index in [-0.39, 0.29) is 16.1 Å². The first-order valence-electron chi connectivity index (χ1n) is 6.45. The van der Waals surface area contributed by atoms with Gasteiger partial charge in [0.25, 0.3) is 15.7 Å². The van der Waals surface area contributed by atoms with Crippen LogP contribution in [0.25, 0.3) is 0 Å². The molecule has 2 aromatic rings. The summed E-state index contributed by atoms with van der Waals surface area (Å²) in [7, 11) is -4.17. The smallest absolute Gasteiger partial charge is 0.258 e. The summed E-state index contributed by atoms with van der Waals surface area (Å²) in [6.45, 7) is 1.47. The fraction of sp³-hybridized carbons (Fsp3) is 0.0714. The number of aryl methyl sites for hydroxylation is 1. The van der Waals surface area contributed by atoms with Crippen molar-refractivity contribution in [2.24, 2.45) is 5.10 Å². The van der Waals surface area contributed by atoms with Crippen LogP contribution in [0.4, 0.5) is 14.5 Å². The van der Waals surface area contributed by atoms with Crippen molar-refractivity contribution >= 4 is 21.9 Å². The lowest BCUT2D eigenvalue weighted by atomic mass is 10.2. The molecule has 0 aliphatic heterocycles. The average Bonchev–Trinajstić information content (AvgIpc) is 2.49. The molecule has 2 aromatic carbocycles. The minimum absolute atomic E-state index is 0.131. The normalized spacial score (nSPS) is 11.6. The average molecular weight is 355 g/mol. The van der Waals surface area contributed by atoms with Crippen LogP contribution in [0.5, 0.6) is 0 Å². The minimum Gasteiger partial charge on any atom is -0.258 e. The molecule has 0 bridgehead atoms. The van der Waals surface area contributed by atoms with Gasteiger partial charge in [-0.3, -0.25) is 10.1 Å². The Balaban J connectivity index is 2.24. The zero-order chi connectivity index (χ0) is 17.9. The largest absolute Gasteiger partial charge is 0.276 e. The number of nitrogens with one attached hydrogen (secondary N) is 1. The fourth-order valence-corrected chi connectivity index (χ4v) is 2.59. The van der Waals surface area contributed by atoms with Crippen molar-refractivity contribution in [1.29, 1.82) is 0 Å². The Labute approximate surface area is 135 Å². The number of sulfonamides is 1. The molecule has 0 saturated carbocycles. The Morgan fingerprint density at radius 3 is 2.54 bits per heavy atom. The Morgan fingerprint density at radius 2 is 1.92 bits per heavy atom. The highest BCUT2D eigenvalue weighted by atomic mass is 32.2. The van der Waals surface area contributed by atoms with E-state index in [1.165, 1.54) is 19.1 Å². The predicted octanol–water partition coefficient (Wildman–Crippen LogP) is 2.49. The molecule has 7 nitrogen and oxygen atoms in total. The summed E-state index contributed by atoms with van der Waals surface area (Å²) in [6.07, 6.45) is 0.856. The number of halogens is 2. The summed E-state index contributed by atoms with van der Waals surface area (Å²) >= 11 is 0. The van der Waals surface area contributed by atoms with Gasteiger partial charge in [-0.25, -0.2) is 13.6 Å². The molecule has 10 heteroatoms. The van der Waals surface area contributed by atoms with Crippen LogP contribution in [0, 0.1) is 28.7 Å². The summed E-state index contributed by atoms with van der Waals surface area (Å²) in [5, 5.41) is 14.2. The maximum Gasteiger partial charge on any atom is 0.276 e. The second-order valence-electron chi connectivity index (χ2n) is 4.72. The second-order valence-corrected chi connectivity index (χ2v) is 6.39. The first-order valence-corrected chi connectivity index (χ1v) is 7.94. The lowest BCUT2D eigenvalue weighted by Gasteiger charge is -2.04. The van der Waals surface area contributed by atoms with Crippen molar-refractivity contribution in [2.75, 3.05) is 0 Å². The summed E-state index contributed by atoms with van der Waals surface area (Å²) in [5.41, 5.74) is -0.184. The molecule has 0 aliphatic rings. The molecule has 0 amide bonds. The molecule has 0 radical (unpaired) electrons. The molecule has 0 unspecified atom stereocenters. The van der Waals surface area contributed by atoms with E-state index in [9.17, 15) is 27.3 Å². The number of benzene rings is 2. The van der Waals surface area contributed by atoms with E-state index in [2.05, 4.69) is 5.10 Å². The van der Waals surface area contributed by atoms with Crippen molar-refractivity contribution in [1.82, 2.24) is 4.83 Å². The fourth-order valence-electron chi connectivity index (χ4n) is 1.78. The van der Waals surface area contributed by atoms with Crippen LogP contribution >= 0.6 is 0 Å². The van der Waals surface area contributed by atoms with Crippen molar-refractivity contribution in [3.8, 4) is 0 Å². The monoisotopic (exact) mass is 355 g/mol. The van der Waals surface area contributed by atoms with Gasteiger partial charge in [-0.05, 0) is 25.1 Å². The van der Waals surface area contributed by atoms with E-state index in [0.717, 1.165) is 24.4 Å². The lowest BCUT2D eigenvalue weighted by molar-refractivity contribution is -0.385. The number of hydrogen-bond donors (Lipinski definition) is 1.